The summed E-state index contributed by atoms with van der Waals surface area (Å²) in [5.41, 5.74) is 0. The van der Waals surface area contributed by atoms with Crippen LogP contribution in [0, 0.1) is 15.2 Å². The van der Waals surface area contributed by atoms with Gasteiger partial charge in [-0.05, 0) is 34.7 Å². The largest absolute Gasteiger partial charge is 0.207 e. The van der Waals surface area contributed by atoms with Gasteiger partial charge in [0.15, 0.2) is 0 Å². The molecule has 0 aromatic heterocycles. The fourth-order valence-corrected chi connectivity index (χ4v) is 1.59. The summed E-state index contributed by atoms with van der Waals surface area (Å²) >= 11 is 5.43. The molecule has 0 bridgehead atoms. The minimum absolute atomic E-state index is 0.0457. The molecule has 0 aliphatic carbocycles. The summed E-state index contributed by atoms with van der Waals surface area (Å²) in [5.74, 6) is -0.930. The van der Waals surface area contributed by atoms with Crippen LogP contribution in [-0.4, -0.2) is 0 Å². The van der Waals surface area contributed by atoms with Gasteiger partial charge in [-0.2, -0.15) is 0 Å². The average Bonchev–Trinajstić information content (AvgIpc) is 1.82. The van der Waals surface area contributed by atoms with E-state index in [0.29, 0.717) is 0 Å². The quantitative estimate of drug-likeness (QED) is 0.419. The van der Waals surface area contributed by atoms with Crippen molar-refractivity contribution in [2.45, 2.75) is 4.90 Å². The summed E-state index contributed by atoms with van der Waals surface area (Å²) in [5, 5.41) is 0. The smallest absolute Gasteiger partial charge is 0.150 e. The Balaban J connectivity index is 3.31. The summed E-state index contributed by atoms with van der Waals surface area (Å²) in [6, 6.07) is 2.16. The van der Waals surface area contributed by atoms with Crippen LogP contribution < -0.4 is 0 Å². The van der Waals surface area contributed by atoms with Gasteiger partial charge in [-0.15, -0.1) is 12.6 Å². The van der Waals surface area contributed by atoms with E-state index in [2.05, 4.69) is 12.6 Å². The van der Waals surface area contributed by atoms with Crippen LogP contribution >= 0.6 is 35.2 Å². The molecular weight excluding hydrogens is 269 g/mol. The molecule has 0 radical (unpaired) electrons. The monoisotopic (exact) mass is 272 g/mol. The van der Waals surface area contributed by atoms with Crippen molar-refractivity contribution in [3.63, 3.8) is 0 Å². The standard InChI is InChI=1S/C6H3F2IS/c7-3-1-4(9)6(8)5(10)2-3/h1-2,10H. The van der Waals surface area contributed by atoms with Gasteiger partial charge in [0.05, 0.1) is 3.57 Å². The summed E-state index contributed by atoms with van der Waals surface area (Å²) < 4.78 is 25.3. The zero-order valence-corrected chi connectivity index (χ0v) is 7.79. The van der Waals surface area contributed by atoms with Crippen molar-refractivity contribution in [1.29, 1.82) is 0 Å². The zero-order valence-electron chi connectivity index (χ0n) is 4.74. The Morgan fingerprint density at radius 2 is 1.90 bits per heavy atom. The van der Waals surface area contributed by atoms with E-state index in [1.165, 1.54) is 0 Å². The molecule has 0 saturated heterocycles. The van der Waals surface area contributed by atoms with Gasteiger partial charge in [0, 0.05) is 4.90 Å². The third-order valence-corrected chi connectivity index (χ3v) is 2.08. The number of rotatable bonds is 0. The lowest BCUT2D eigenvalue weighted by atomic mass is 10.3. The maximum atomic E-state index is 12.7. The Morgan fingerprint density at radius 3 is 2.40 bits per heavy atom. The molecule has 0 nitrogen and oxygen atoms in total. The van der Waals surface area contributed by atoms with Crippen LogP contribution in [0.1, 0.15) is 0 Å². The molecule has 0 aliphatic rings. The molecule has 10 heavy (non-hydrogen) atoms. The van der Waals surface area contributed by atoms with Gasteiger partial charge in [-0.25, -0.2) is 8.78 Å². The first kappa shape index (κ1) is 8.26. The van der Waals surface area contributed by atoms with Crippen LogP contribution in [0.3, 0.4) is 0 Å². The molecule has 0 heterocycles. The van der Waals surface area contributed by atoms with E-state index in [1.54, 1.807) is 22.6 Å². The van der Waals surface area contributed by atoms with E-state index in [-0.39, 0.29) is 8.47 Å². The topological polar surface area (TPSA) is 0 Å². The molecular formula is C6H3F2IS. The molecule has 0 spiro atoms. The third kappa shape index (κ3) is 1.60. The first-order valence-corrected chi connectivity index (χ1v) is 3.97. The van der Waals surface area contributed by atoms with Gasteiger partial charge in [-0.1, -0.05) is 0 Å². The third-order valence-electron chi connectivity index (χ3n) is 0.974. The van der Waals surface area contributed by atoms with E-state index in [9.17, 15) is 8.78 Å². The van der Waals surface area contributed by atoms with Crippen molar-refractivity contribution < 1.29 is 8.78 Å². The van der Waals surface area contributed by atoms with Gasteiger partial charge < -0.3 is 0 Å². The number of hydrogen-bond acceptors (Lipinski definition) is 1. The van der Waals surface area contributed by atoms with Crippen LogP contribution in [0.15, 0.2) is 17.0 Å². The molecule has 0 fully saturated rings. The van der Waals surface area contributed by atoms with E-state index < -0.39 is 11.6 Å². The fourth-order valence-electron chi connectivity index (χ4n) is 0.542. The lowest BCUT2D eigenvalue weighted by Gasteiger charge is -1.96. The highest BCUT2D eigenvalue weighted by Gasteiger charge is 2.04. The van der Waals surface area contributed by atoms with Crippen LogP contribution in [0.25, 0.3) is 0 Å². The normalized spacial score (nSPS) is 10.0. The lowest BCUT2D eigenvalue weighted by Crippen LogP contribution is -1.85. The van der Waals surface area contributed by atoms with Crippen molar-refractivity contribution in [2.24, 2.45) is 0 Å². The molecule has 0 aliphatic heterocycles. The molecule has 1 aromatic carbocycles. The minimum atomic E-state index is -0.467. The number of hydrogen-bond donors (Lipinski definition) is 1. The van der Waals surface area contributed by atoms with Gasteiger partial charge in [0.2, 0.25) is 0 Å². The summed E-state index contributed by atoms with van der Waals surface area (Å²) in [7, 11) is 0. The SMILES string of the molecule is Fc1cc(S)c(F)c(I)c1. The van der Waals surface area contributed by atoms with Crippen LogP contribution in [-0.2, 0) is 0 Å². The summed E-state index contributed by atoms with van der Waals surface area (Å²) in [4.78, 5) is 0.0457. The molecule has 0 atom stereocenters. The van der Waals surface area contributed by atoms with Crippen LogP contribution in [0.4, 0.5) is 8.78 Å². The van der Waals surface area contributed by atoms with E-state index in [0.717, 1.165) is 12.1 Å². The Labute approximate surface area is 76.2 Å². The Kier molecular flexibility index (Phi) is 2.51. The maximum absolute atomic E-state index is 12.7. The van der Waals surface area contributed by atoms with Crippen molar-refractivity contribution >= 4 is 35.2 Å². The maximum Gasteiger partial charge on any atom is 0.150 e. The highest BCUT2D eigenvalue weighted by Crippen LogP contribution is 2.19. The van der Waals surface area contributed by atoms with E-state index in [4.69, 9.17) is 0 Å². The van der Waals surface area contributed by atoms with Gasteiger partial charge in [0.1, 0.15) is 11.6 Å². The van der Waals surface area contributed by atoms with Gasteiger partial charge in [0.25, 0.3) is 0 Å². The molecule has 1 aromatic rings. The Hall–Kier alpha value is 0.160. The second-order valence-corrected chi connectivity index (χ2v) is 3.36. The Bertz CT molecular complexity index is 239. The highest BCUT2D eigenvalue weighted by atomic mass is 127. The predicted molar refractivity (Wildman–Crippen MR) is 46.3 cm³/mol. The van der Waals surface area contributed by atoms with Crippen molar-refractivity contribution in [1.82, 2.24) is 0 Å². The minimum Gasteiger partial charge on any atom is -0.207 e. The van der Waals surface area contributed by atoms with Gasteiger partial charge in [-0.3, -0.25) is 0 Å². The van der Waals surface area contributed by atoms with Crippen molar-refractivity contribution in [2.75, 3.05) is 0 Å². The first-order valence-electron chi connectivity index (χ1n) is 2.45. The average molecular weight is 272 g/mol. The zero-order chi connectivity index (χ0) is 7.72. The van der Waals surface area contributed by atoms with Gasteiger partial charge >= 0.3 is 0 Å². The number of benzene rings is 1. The molecule has 54 valence electrons. The van der Waals surface area contributed by atoms with E-state index >= 15 is 0 Å². The predicted octanol–water partition coefficient (Wildman–Crippen LogP) is 2.86. The number of thiol groups is 1. The first-order chi connectivity index (χ1) is 4.61. The van der Waals surface area contributed by atoms with Crippen LogP contribution in [0.2, 0.25) is 0 Å². The van der Waals surface area contributed by atoms with E-state index in [1.807, 2.05) is 0 Å². The highest BCUT2D eigenvalue weighted by molar-refractivity contribution is 14.1. The summed E-state index contributed by atoms with van der Waals surface area (Å²) in [6.07, 6.45) is 0. The second kappa shape index (κ2) is 3.04. The molecule has 0 N–H and O–H groups in total. The molecule has 4 heteroatoms. The molecule has 1 rings (SSSR count). The molecule has 0 saturated carbocycles. The number of halogens is 3. The fraction of sp³-hybridized carbons (Fsp3) is 0. The second-order valence-electron chi connectivity index (χ2n) is 1.72. The van der Waals surface area contributed by atoms with Crippen LogP contribution in [0.5, 0.6) is 0 Å². The summed E-state index contributed by atoms with van der Waals surface area (Å²) in [6.45, 7) is 0. The molecule has 0 amide bonds. The van der Waals surface area contributed by atoms with Crippen molar-refractivity contribution in [3.05, 3.63) is 27.3 Å². The van der Waals surface area contributed by atoms with Crippen molar-refractivity contribution in [3.8, 4) is 0 Å². The lowest BCUT2D eigenvalue weighted by molar-refractivity contribution is 0.570. The Morgan fingerprint density at radius 1 is 1.30 bits per heavy atom. The molecule has 0 unspecified atom stereocenters.